The molecule has 0 aliphatic carbocycles. The van der Waals surface area contributed by atoms with Crippen LogP contribution in [0.2, 0.25) is 0 Å². The van der Waals surface area contributed by atoms with Crippen molar-refractivity contribution in [2.45, 2.75) is 30.6 Å². The fraction of sp³-hybridized carbons (Fsp3) is 0.438. The Morgan fingerprint density at radius 3 is 2.77 bits per heavy atom. The van der Waals surface area contributed by atoms with Crippen LogP contribution in [0.25, 0.3) is 0 Å². The first-order chi connectivity index (χ1) is 12.2. The molecule has 140 valence electrons. The summed E-state index contributed by atoms with van der Waals surface area (Å²) in [4.78, 5) is 28.1. The molecule has 2 fully saturated rings. The van der Waals surface area contributed by atoms with Crippen LogP contribution in [0.5, 0.6) is 0 Å². The standard InChI is InChI=1S/C16H17FN2O5S2/c17-10-3-1-4-11(7-10)19-12-8-26(23,24)9-13(12)25-16(19)18-14(20)5-2-6-15(21)22/h1,3-4,7,12-13H,2,5-6,8-9H2,(H,21,22)/p-1/t12-,13+/m0/s1. The molecule has 10 heteroatoms. The van der Waals surface area contributed by atoms with E-state index in [1.54, 1.807) is 11.0 Å². The van der Waals surface area contributed by atoms with Gasteiger partial charge in [0, 0.05) is 23.3 Å². The number of carbonyl (C=O) groups is 2. The maximum atomic E-state index is 13.6. The average Bonchev–Trinajstić information content (AvgIpc) is 2.97. The summed E-state index contributed by atoms with van der Waals surface area (Å²) < 4.78 is 37.5. The number of rotatable bonds is 5. The highest BCUT2D eigenvalue weighted by molar-refractivity contribution is 8.16. The van der Waals surface area contributed by atoms with Crippen LogP contribution in [0.4, 0.5) is 10.1 Å². The Morgan fingerprint density at radius 1 is 1.31 bits per heavy atom. The number of fused-ring (bicyclic) bond motifs is 1. The number of nitrogens with zero attached hydrogens (tertiary/aromatic N) is 2. The number of amidine groups is 1. The molecule has 7 nitrogen and oxygen atoms in total. The van der Waals surface area contributed by atoms with Gasteiger partial charge in [-0.05, 0) is 31.0 Å². The first-order valence-corrected chi connectivity index (χ1v) is 10.7. The predicted octanol–water partition coefficient (Wildman–Crippen LogP) is 0.347. The maximum Gasteiger partial charge on any atom is 0.248 e. The molecular formula is C16H16FN2O5S2-. The van der Waals surface area contributed by atoms with Crippen molar-refractivity contribution in [1.82, 2.24) is 0 Å². The van der Waals surface area contributed by atoms with Gasteiger partial charge in [0.25, 0.3) is 0 Å². The number of amides is 1. The van der Waals surface area contributed by atoms with Crippen LogP contribution in [0.15, 0.2) is 29.3 Å². The van der Waals surface area contributed by atoms with E-state index in [2.05, 4.69) is 4.99 Å². The van der Waals surface area contributed by atoms with Crippen molar-refractivity contribution < 1.29 is 27.5 Å². The minimum Gasteiger partial charge on any atom is -0.550 e. The zero-order chi connectivity index (χ0) is 18.9. The molecule has 2 heterocycles. The van der Waals surface area contributed by atoms with E-state index in [0.717, 1.165) is 0 Å². The molecule has 1 aromatic rings. The quantitative estimate of drug-likeness (QED) is 0.703. The number of carboxylic acids is 1. The lowest BCUT2D eigenvalue weighted by Crippen LogP contribution is -2.37. The van der Waals surface area contributed by atoms with Crippen molar-refractivity contribution in [3.8, 4) is 0 Å². The molecular weight excluding hydrogens is 383 g/mol. The van der Waals surface area contributed by atoms with E-state index in [-0.39, 0.29) is 36.0 Å². The number of aliphatic carboxylic acids is 1. The topological polar surface area (TPSA) is 107 Å². The molecule has 0 radical (unpaired) electrons. The lowest BCUT2D eigenvalue weighted by atomic mass is 10.2. The van der Waals surface area contributed by atoms with Gasteiger partial charge >= 0.3 is 0 Å². The van der Waals surface area contributed by atoms with E-state index in [9.17, 15) is 27.5 Å². The number of thioether (sulfide) groups is 1. The third-order valence-electron chi connectivity index (χ3n) is 4.14. The Bertz CT molecular complexity index is 871. The average molecular weight is 399 g/mol. The summed E-state index contributed by atoms with van der Waals surface area (Å²) in [5.74, 6) is -2.32. The zero-order valence-electron chi connectivity index (χ0n) is 13.6. The number of carboxylic acid groups (broad SMARTS) is 1. The Labute approximate surface area is 154 Å². The Balaban J connectivity index is 1.85. The number of aliphatic imine (C=N–C) groups is 1. The molecule has 0 N–H and O–H groups in total. The molecule has 2 aliphatic rings. The highest BCUT2D eigenvalue weighted by Gasteiger charge is 2.49. The first-order valence-electron chi connectivity index (χ1n) is 7.98. The highest BCUT2D eigenvalue weighted by Crippen LogP contribution is 2.41. The smallest absolute Gasteiger partial charge is 0.248 e. The summed E-state index contributed by atoms with van der Waals surface area (Å²) in [6.07, 6.45) is -0.173. The summed E-state index contributed by atoms with van der Waals surface area (Å²) in [5.41, 5.74) is 0.434. The Morgan fingerprint density at radius 2 is 2.08 bits per heavy atom. The van der Waals surface area contributed by atoms with E-state index in [4.69, 9.17) is 0 Å². The molecule has 2 atom stereocenters. The van der Waals surface area contributed by atoms with Gasteiger partial charge in [-0.25, -0.2) is 12.8 Å². The van der Waals surface area contributed by atoms with Crippen LogP contribution < -0.4 is 10.0 Å². The highest BCUT2D eigenvalue weighted by atomic mass is 32.2. The molecule has 0 spiro atoms. The van der Waals surface area contributed by atoms with Crippen molar-refractivity contribution in [3.05, 3.63) is 30.1 Å². The van der Waals surface area contributed by atoms with Gasteiger partial charge in [0.2, 0.25) is 5.91 Å². The number of benzene rings is 1. The Kier molecular flexibility index (Phi) is 5.33. The number of hydrogen-bond donors (Lipinski definition) is 0. The second kappa shape index (κ2) is 7.36. The third-order valence-corrected chi connectivity index (χ3v) is 7.35. The largest absolute Gasteiger partial charge is 0.550 e. The van der Waals surface area contributed by atoms with Gasteiger partial charge in [-0.3, -0.25) is 4.79 Å². The van der Waals surface area contributed by atoms with Gasteiger partial charge in [0.05, 0.1) is 17.5 Å². The fourth-order valence-electron chi connectivity index (χ4n) is 3.04. The van der Waals surface area contributed by atoms with E-state index >= 15 is 0 Å². The predicted molar refractivity (Wildman–Crippen MR) is 94.0 cm³/mol. The number of sulfone groups is 1. The van der Waals surface area contributed by atoms with E-state index < -0.39 is 33.6 Å². The first kappa shape index (κ1) is 18.8. The molecule has 0 saturated carbocycles. The van der Waals surface area contributed by atoms with Crippen molar-refractivity contribution in [2.24, 2.45) is 4.99 Å². The summed E-state index contributed by atoms with van der Waals surface area (Å²) in [5, 5.41) is 10.5. The second-order valence-electron chi connectivity index (χ2n) is 6.16. The van der Waals surface area contributed by atoms with Crippen LogP contribution in [-0.2, 0) is 19.4 Å². The fourth-order valence-corrected chi connectivity index (χ4v) is 6.97. The number of carbonyl (C=O) groups excluding carboxylic acids is 2. The van der Waals surface area contributed by atoms with Gasteiger partial charge < -0.3 is 14.8 Å². The third kappa shape index (κ3) is 4.24. The number of hydrogen-bond acceptors (Lipinski definition) is 6. The van der Waals surface area contributed by atoms with Gasteiger partial charge in [0.15, 0.2) is 15.0 Å². The molecule has 0 bridgehead atoms. The zero-order valence-corrected chi connectivity index (χ0v) is 15.3. The normalized spacial score (nSPS) is 25.4. The van der Waals surface area contributed by atoms with Gasteiger partial charge in [-0.1, -0.05) is 17.8 Å². The van der Waals surface area contributed by atoms with E-state index in [0.29, 0.717) is 10.9 Å². The molecule has 3 rings (SSSR count). The summed E-state index contributed by atoms with van der Waals surface area (Å²) in [6, 6.07) is 5.27. The van der Waals surface area contributed by atoms with Gasteiger partial charge in [-0.15, -0.1) is 0 Å². The number of anilines is 1. The maximum absolute atomic E-state index is 13.6. The van der Waals surface area contributed by atoms with Crippen molar-refractivity contribution in [1.29, 1.82) is 0 Å². The van der Waals surface area contributed by atoms with Gasteiger partial charge in [-0.2, -0.15) is 4.99 Å². The van der Waals surface area contributed by atoms with Crippen LogP contribution in [0.3, 0.4) is 0 Å². The van der Waals surface area contributed by atoms with Crippen molar-refractivity contribution in [3.63, 3.8) is 0 Å². The molecule has 2 saturated heterocycles. The van der Waals surface area contributed by atoms with E-state index in [1.165, 1.54) is 30.0 Å². The molecule has 1 aromatic carbocycles. The summed E-state index contributed by atoms with van der Waals surface area (Å²) in [6.45, 7) is 0. The molecule has 0 aromatic heterocycles. The second-order valence-corrected chi connectivity index (χ2v) is 9.52. The van der Waals surface area contributed by atoms with Crippen LogP contribution in [-0.4, -0.2) is 48.3 Å². The summed E-state index contributed by atoms with van der Waals surface area (Å²) in [7, 11) is -3.20. The van der Waals surface area contributed by atoms with Gasteiger partial charge in [0.1, 0.15) is 5.82 Å². The summed E-state index contributed by atoms with van der Waals surface area (Å²) >= 11 is 1.19. The molecule has 2 aliphatic heterocycles. The molecule has 1 amide bonds. The minimum atomic E-state index is -3.20. The van der Waals surface area contributed by atoms with Crippen LogP contribution in [0.1, 0.15) is 19.3 Å². The molecule has 26 heavy (non-hydrogen) atoms. The number of halogens is 1. The SMILES string of the molecule is O=C([O-])CCCC(=O)N=C1S[C@@H]2CS(=O)(=O)C[C@@H]2N1c1cccc(F)c1. The van der Waals surface area contributed by atoms with E-state index in [1.807, 2.05) is 0 Å². The lowest BCUT2D eigenvalue weighted by molar-refractivity contribution is -0.305. The van der Waals surface area contributed by atoms with Crippen LogP contribution in [0, 0.1) is 5.82 Å². The minimum absolute atomic E-state index is 0.0218. The monoisotopic (exact) mass is 399 g/mol. The lowest BCUT2D eigenvalue weighted by Gasteiger charge is -2.24. The molecule has 0 unspecified atom stereocenters. The van der Waals surface area contributed by atoms with Crippen molar-refractivity contribution >= 4 is 44.3 Å². The van der Waals surface area contributed by atoms with Crippen LogP contribution >= 0.6 is 11.8 Å². The Hall–Kier alpha value is -1.94. The van der Waals surface area contributed by atoms with Crippen molar-refractivity contribution in [2.75, 3.05) is 16.4 Å².